The van der Waals surface area contributed by atoms with Gasteiger partial charge in [-0.1, -0.05) is 91.3 Å². The first-order chi connectivity index (χ1) is 21.6. The summed E-state index contributed by atoms with van der Waals surface area (Å²) in [4.78, 5) is 30.0. The second-order valence-electron chi connectivity index (χ2n) is 11.1. The van der Waals surface area contributed by atoms with Gasteiger partial charge >= 0.3 is 0 Å². The summed E-state index contributed by atoms with van der Waals surface area (Å²) in [5.74, 6) is -0.370. The molecular weight excluding hydrogens is 586 g/mol. The van der Waals surface area contributed by atoms with Gasteiger partial charge in [0.05, 0.1) is 17.7 Å². The minimum atomic E-state index is -4.18. The number of sulfonamides is 1. The summed E-state index contributed by atoms with van der Waals surface area (Å²) < 4.78 is 34.7. The van der Waals surface area contributed by atoms with Crippen LogP contribution in [0.15, 0.2) is 114 Å². The molecule has 0 unspecified atom stereocenters. The Hall–Kier alpha value is -4.63. The van der Waals surface area contributed by atoms with Crippen molar-refractivity contribution in [3.63, 3.8) is 0 Å². The first kappa shape index (κ1) is 33.3. The fourth-order valence-electron chi connectivity index (χ4n) is 4.90. The Bertz CT molecular complexity index is 1660. The zero-order valence-corrected chi connectivity index (χ0v) is 27.0. The summed E-state index contributed by atoms with van der Waals surface area (Å²) >= 11 is 0. The maximum absolute atomic E-state index is 14.5. The Labute approximate surface area is 266 Å². The average Bonchev–Trinajstić information content (AvgIpc) is 3.06. The molecule has 4 aromatic carbocycles. The van der Waals surface area contributed by atoms with Gasteiger partial charge in [-0.05, 0) is 55.7 Å². The van der Waals surface area contributed by atoms with Crippen molar-refractivity contribution in [3.8, 4) is 5.75 Å². The van der Waals surface area contributed by atoms with E-state index in [1.54, 1.807) is 42.5 Å². The van der Waals surface area contributed by atoms with E-state index in [0.29, 0.717) is 12.2 Å². The number of ether oxygens (including phenoxy) is 1. The summed E-state index contributed by atoms with van der Waals surface area (Å²) in [7, 11) is -2.69. The molecule has 0 aromatic heterocycles. The minimum Gasteiger partial charge on any atom is -0.497 e. The highest BCUT2D eigenvalue weighted by atomic mass is 32.2. The highest BCUT2D eigenvalue weighted by Gasteiger charge is 2.35. The van der Waals surface area contributed by atoms with Crippen LogP contribution in [0, 0.1) is 6.92 Å². The summed E-state index contributed by atoms with van der Waals surface area (Å²) in [6.45, 7) is 5.46. The van der Waals surface area contributed by atoms with Crippen LogP contribution in [0.1, 0.15) is 37.0 Å². The van der Waals surface area contributed by atoms with Gasteiger partial charge in [-0.2, -0.15) is 0 Å². The number of benzene rings is 4. The quantitative estimate of drug-likeness (QED) is 0.192. The van der Waals surface area contributed by atoms with Gasteiger partial charge in [-0.3, -0.25) is 13.9 Å². The van der Waals surface area contributed by atoms with E-state index >= 15 is 0 Å². The van der Waals surface area contributed by atoms with E-state index in [1.165, 1.54) is 24.1 Å². The van der Waals surface area contributed by atoms with Crippen molar-refractivity contribution in [2.24, 2.45) is 0 Å². The Morgan fingerprint density at radius 2 is 1.49 bits per heavy atom. The summed E-state index contributed by atoms with van der Waals surface area (Å²) in [6.07, 6.45) is 0.972. The van der Waals surface area contributed by atoms with Crippen LogP contribution in [0.25, 0.3) is 0 Å². The molecule has 45 heavy (non-hydrogen) atoms. The molecule has 0 aliphatic carbocycles. The molecule has 4 aromatic rings. The lowest BCUT2D eigenvalue weighted by Crippen LogP contribution is -2.54. The van der Waals surface area contributed by atoms with Crippen LogP contribution in [-0.4, -0.2) is 50.9 Å². The lowest BCUT2D eigenvalue weighted by atomic mass is 10.0. The normalized spacial score (nSPS) is 12.5. The number of carbonyl (C=O) groups excluding carboxylic acids is 2. The van der Waals surface area contributed by atoms with Crippen LogP contribution in [0.3, 0.4) is 0 Å². The van der Waals surface area contributed by atoms with Crippen LogP contribution >= 0.6 is 0 Å². The van der Waals surface area contributed by atoms with Crippen LogP contribution < -0.4 is 14.4 Å². The SMILES string of the molecule is CC[C@H](C)NC(=O)[C@@H](Cc1ccccc1)N(Cc1ccc(C)cc1)C(=O)CN(c1cccc(OC)c1)S(=O)(=O)c1ccccc1. The lowest BCUT2D eigenvalue weighted by molar-refractivity contribution is -0.140. The van der Waals surface area contributed by atoms with Gasteiger partial charge in [0.1, 0.15) is 18.3 Å². The molecule has 0 saturated heterocycles. The average molecular weight is 628 g/mol. The molecule has 0 saturated carbocycles. The molecule has 0 aliphatic rings. The molecule has 4 rings (SSSR count). The lowest BCUT2D eigenvalue weighted by Gasteiger charge is -2.34. The maximum Gasteiger partial charge on any atom is 0.264 e. The second-order valence-corrected chi connectivity index (χ2v) is 12.9. The van der Waals surface area contributed by atoms with E-state index in [2.05, 4.69) is 5.32 Å². The third kappa shape index (κ3) is 8.73. The van der Waals surface area contributed by atoms with Gasteiger partial charge in [0, 0.05) is 25.1 Å². The van der Waals surface area contributed by atoms with E-state index in [9.17, 15) is 18.0 Å². The molecule has 0 fully saturated rings. The number of aryl methyl sites for hydroxylation is 1. The molecule has 0 aliphatic heterocycles. The maximum atomic E-state index is 14.5. The number of anilines is 1. The summed E-state index contributed by atoms with van der Waals surface area (Å²) in [5.41, 5.74) is 3.03. The monoisotopic (exact) mass is 627 g/mol. The topological polar surface area (TPSA) is 96.0 Å². The highest BCUT2D eigenvalue weighted by Crippen LogP contribution is 2.28. The molecule has 0 radical (unpaired) electrons. The van der Waals surface area contributed by atoms with Gasteiger partial charge < -0.3 is 15.0 Å². The van der Waals surface area contributed by atoms with Gasteiger partial charge in [0.25, 0.3) is 10.0 Å². The van der Waals surface area contributed by atoms with Gasteiger partial charge in [0.15, 0.2) is 0 Å². The van der Waals surface area contributed by atoms with E-state index in [-0.39, 0.29) is 35.5 Å². The molecule has 2 amide bonds. The van der Waals surface area contributed by atoms with E-state index in [0.717, 1.165) is 21.0 Å². The number of carbonyl (C=O) groups is 2. The smallest absolute Gasteiger partial charge is 0.264 e. The second kappa shape index (κ2) is 15.4. The van der Waals surface area contributed by atoms with Crippen LogP contribution in [0.2, 0.25) is 0 Å². The van der Waals surface area contributed by atoms with Gasteiger partial charge in [-0.25, -0.2) is 8.42 Å². The van der Waals surface area contributed by atoms with Crippen molar-refractivity contribution in [2.75, 3.05) is 18.0 Å². The first-order valence-corrected chi connectivity index (χ1v) is 16.5. The third-order valence-corrected chi connectivity index (χ3v) is 9.49. The van der Waals surface area contributed by atoms with E-state index in [1.807, 2.05) is 75.4 Å². The van der Waals surface area contributed by atoms with Crippen molar-refractivity contribution in [2.45, 2.75) is 57.1 Å². The number of methoxy groups -OCH3 is 1. The Morgan fingerprint density at radius 3 is 2.11 bits per heavy atom. The van der Waals surface area contributed by atoms with Crippen molar-refractivity contribution in [3.05, 3.63) is 126 Å². The number of amides is 2. The largest absolute Gasteiger partial charge is 0.497 e. The van der Waals surface area contributed by atoms with E-state index < -0.39 is 28.5 Å². The van der Waals surface area contributed by atoms with E-state index in [4.69, 9.17) is 4.74 Å². The number of nitrogens with one attached hydrogen (secondary N) is 1. The Morgan fingerprint density at radius 1 is 0.844 bits per heavy atom. The highest BCUT2D eigenvalue weighted by molar-refractivity contribution is 7.92. The molecular formula is C36H41N3O5S. The zero-order chi connectivity index (χ0) is 32.4. The Balaban J connectivity index is 1.81. The van der Waals surface area contributed by atoms with Crippen LogP contribution in [0.4, 0.5) is 5.69 Å². The fraction of sp³-hybridized carbons (Fsp3) is 0.278. The number of nitrogens with zero attached hydrogens (tertiary/aromatic N) is 2. The Kier molecular flexibility index (Phi) is 11.4. The van der Waals surface area contributed by atoms with Gasteiger partial charge in [-0.15, -0.1) is 0 Å². The van der Waals surface area contributed by atoms with Gasteiger partial charge in [0.2, 0.25) is 11.8 Å². The third-order valence-electron chi connectivity index (χ3n) is 7.70. The molecule has 0 spiro atoms. The number of hydrogen-bond donors (Lipinski definition) is 1. The van der Waals surface area contributed by atoms with Crippen molar-refractivity contribution < 1.29 is 22.7 Å². The molecule has 8 nitrogen and oxygen atoms in total. The molecule has 1 N–H and O–H groups in total. The first-order valence-electron chi connectivity index (χ1n) is 15.0. The van der Waals surface area contributed by atoms with Crippen LogP contribution in [0.5, 0.6) is 5.75 Å². The molecule has 2 atom stereocenters. The van der Waals surface area contributed by atoms with Crippen LogP contribution in [-0.2, 0) is 32.6 Å². The zero-order valence-electron chi connectivity index (χ0n) is 26.2. The molecule has 9 heteroatoms. The standard InChI is InChI=1S/C36H41N3O5S/c1-5-28(3)37-36(41)34(23-29-13-8-6-9-14-29)38(25-30-21-19-27(2)20-22-30)35(40)26-39(31-15-12-16-32(24-31)44-4)45(42,43)33-17-10-7-11-18-33/h6-22,24,28,34H,5,23,25-26H2,1-4H3,(H,37,41)/t28-,34+/m0/s1. The predicted molar refractivity (Wildman–Crippen MR) is 178 cm³/mol. The van der Waals surface area contributed by atoms with Crippen molar-refractivity contribution >= 4 is 27.5 Å². The van der Waals surface area contributed by atoms with Crippen molar-refractivity contribution in [1.29, 1.82) is 0 Å². The predicted octanol–water partition coefficient (Wildman–Crippen LogP) is 5.75. The molecule has 0 bridgehead atoms. The number of rotatable bonds is 14. The number of hydrogen-bond acceptors (Lipinski definition) is 5. The molecule has 0 heterocycles. The fourth-order valence-corrected chi connectivity index (χ4v) is 6.33. The summed E-state index contributed by atoms with van der Waals surface area (Å²) in [6, 6.07) is 30.8. The summed E-state index contributed by atoms with van der Waals surface area (Å²) in [5, 5.41) is 3.06. The van der Waals surface area contributed by atoms with Crippen molar-refractivity contribution in [1.82, 2.24) is 10.2 Å². The molecule has 236 valence electrons. The minimum absolute atomic E-state index is 0.0426.